The third-order valence-corrected chi connectivity index (χ3v) is 2.88. The summed E-state index contributed by atoms with van der Waals surface area (Å²) >= 11 is 0. The van der Waals surface area contributed by atoms with Gasteiger partial charge >= 0.3 is 0 Å². The highest BCUT2D eigenvalue weighted by atomic mass is 16.5. The SMILES string of the molecule is Nc1nc(-c2ccoc2)cc(N2CCOCC2)n1. The van der Waals surface area contributed by atoms with Crippen LogP contribution in [0.25, 0.3) is 11.3 Å². The molecule has 1 saturated heterocycles. The molecule has 0 atom stereocenters. The topological polar surface area (TPSA) is 77.4 Å². The molecule has 18 heavy (non-hydrogen) atoms. The number of nitrogens with two attached hydrogens (primary N) is 1. The lowest BCUT2D eigenvalue weighted by molar-refractivity contribution is 0.122. The highest BCUT2D eigenvalue weighted by Crippen LogP contribution is 2.23. The summed E-state index contributed by atoms with van der Waals surface area (Å²) in [4.78, 5) is 10.6. The van der Waals surface area contributed by atoms with Gasteiger partial charge in [-0.2, -0.15) is 4.98 Å². The van der Waals surface area contributed by atoms with E-state index in [2.05, 4.69) is 14.9 Å². The molecule has 1 aliphatic rings. The Balaban J connectivity index is 1.95. The largest absolute Gasteiger partial charge is 0.472 e. The van der Waals surface area contributed by atoms with Crippen LogP contribution in [0.1, 0.15) is 0 Å². The smallest absolute Gasteiger partial charge is 0.222 e. The van der Waals surface area contributed by atoms with E-state index in [1.165, 1.54) is 0 Å². The van der Waals surface area contributed by atoms with Crippen molar-refractivity contribution in [2.45, 2.75) is 0 Å². The van der Waals surface area contributed by atoms with Crippen LogP contribution in [-0.2, 0) is 4.74 Å². The average Bonchev–Trinajstić information content (AvgIpc) is 2.93. The molecule has 2 aromatic rings. The van der Waals surface area contributed by atoms with Gasteiger partial charge in [0.2, 0.25) is 5.95 Å². The van der Waals surface area contributed by atoms with Crippen LogP contribution in [0.3, 0.4) is 0 Å². The molecule has 1 aliphatic heterocycles. The van der Waals surface area contributed by atoms with E-state index in [1.807, 2.05) is 12.1 Å². The lowest BCUT2D eigenvalue weighted by atomic mass is 10.2. The predicted octanol–water partition coefficient (Wildman–Crippen LogP) is 1.16. The third-order valence-electron chi connectivity index (χ3n) is 2.88. The standard InChI is InChI=1S/C12H14N4O2/c13-12-14-10(9-1-4-18-8-9)7-11(15-12)16-2-5-17-6-3-16/h1,4,7-8H,2-3,5-6H2,(H2,13,14,15). The predicted molar refractivity (Wildman–Crippen MR) is 67.2 cm³/mol. The second-order valence-corrected chi connectivity index (χ2v) is 4.08. The molecule has 2 aromatic heterocycles. The lowest BCUT2D eigenvalue weighted by Crippen LogP contribution is -2.36. The zero-order valence-corrected chi connectivity index (χ0v) is 9.87. The normalized spacial score (nSPS) is 15.9. The lowest BCUT2D eigenvalue weighted by Gasteiger charge is -2.28. The van der Waals surface area contributed by atoms with Gasteiger partial charge in [0.15, 0.2) is 0 Å². The molecule has 6 heteroatoms. The molecule has 0 radical (unpaired) electrons. The number of ether oxygens (including phenoxy) is 1. The van der Waals surface area contributed by atoms with Gasteiger partial charge in [-0.25, -0.2) is 4.98 Å². The fourth-order valence-electron chi connectivity index (χ4n) is 1.97. The molecule has 6 nitrogen and oxygen atoms in total. The first kappa shape index (κ1) is 11.0. The fourth-order valence-corrected chi connectivity index (χ4v) is 1.97. The molecular weight excluding hydrogens is 232 g/mol. The Labute approximate surface area is 104 Å². The van der Waals surface area contributed by atoms with E-state index in [0.29, 0.717) is 13.2 Å². The number of aromatic nitrogens is 2. The molecule has 0 amide bonds. The molecule has 0 aromatic carbocycles. The van der Waals surface area contributed by atoms with E-state index < -0.39 is 0 Å². The maximum absolute atomic E-state index is 5.76. The van der Waals surface area contributed by atoms with Crippen molar-refractivity contribution in [3.63, 3.8) is 0 Å². The second-order valence-electron chi connectivity index (χ2n) is 4.08. The van der Waals surface area contributed by atoms with E-state index in [9.17, 15) is 0 Å². The van der Waals surface area contributed by atoms with E-state index in [1.54, 1.807) is 12.5 Å². The number of furan rings is 1. The molecule has 2 N–H and O–H groups in total. The van der Waals surface area contributed by atoms with Crippen molar-refractivity contribution in [2.75, 3.05) is 36.9 Å². The Morgan fingerprint density at radius 3 is 2.78 bits per heavy atom. The van der Waals surface area contributed by atoms with Crippen molar-refractivity contribution in [3.05, 3.63) is 24.7 Å². The summed E-state index contributed by atoms with van der Waals surface area (Å²) in [6, 6.07) is 3.78. The van der Waals surface area contributed by atoms with Gasteiger partial charge in [-0.05, 0) is 6.07 Å². The minimum Gasteiger partial charge on any atom is -0.472 e. The third kappa shape index (κ3) is 2.14. The van der Waals surface area contributed by atoms with Crippen LogP contribution in [0.2, 0.25) is 0 Å². The van der Waals surface area contributed by atoms with E-state index in [-0.39, 0.29) is 5.95 Å². The molecule has 0 bridgehead atoms. The second kappa shape index (κ2) is 4.66. The first-order valence-corrected chi connectivity index (χ1v) is 5.83. The van der Waals surface area contributed by atoms with Gasteiger partial charge in [0.05, 0.1) is 31.4 Å². The van der Waals surface area contributed by atoms with Crippen LogP contribution in [0, 0.1) is 0 Å². The molecule has 0 saturated carbocycles. The summed E-state index contributed by atoms with van der Waals surface area (Å²) in [6.07, 6.45) is 3.26. The Bertz CT molecular complexity index is 521. The molecule has 94 valence electrons. The van der Waals surface area contributed by atoms with Gasteiger partial charge in [0.1, 0.15) is 5.82 Å². The maximum Gasteiger partial charge on any atom is 0.222 e. The molecule has 0 unspecified atom stereocenters. The Morgan fingerprint density at radius 1 is 1.22 bits per heavy atom. The molecular formula is C12H14N4O2. The quantitative estimate of drug-likeness (QED) is 0.856. The zero-order chi connectivity index (χ0) is 12.4. The first-order valence-electron chi connectivity index (χ1n) is 5.83. The van der Waals surface area contributed by atoms with Crippen LogP contribution in [0.15, 0.2) is 29.1 Å². The minimum absolute atomic E-state index is 0.273. The highest BCUT2D eigenvalue weighted by molar-refractivity contribution is 5.63. The first-order chi connectivity index (χ1) is 8.83. The molecule has 0 aliphatic carbocycles. The molecule has 3 rings (SSSR count). The van der Waals surface area contributed by atoms with Crippen molar-refractivity contribution < 1.29 is 9.15 Å². The summed E-state index contributed by atoms with van der Waals surface area (Å²) in [5.74, 6) is 1.11. The molecule has 3 heterocycles. The van der Waals surface area contributed by atoms with Gasteiger partial charge in [-0.1, -0.05) is 0 Å². The van der Waals surface area contributed by atoms with Crippen LogP contribution in [0.4, 0.5) is 11.8 Å². The number of anilines is 2. The van der Waals surface area contributed by atoms with E-state index in [4.69, 9.17) is 14.9 Å². The van der Waals surface area contributed by atoms with Crippen molar-refractivity contribution in [2.24, 2.45) is 0 Å². The molecule has 1 fully saturated rings. The van der Waals surface area contributed by atoms with Gasteiger partial charge in [0.25, 0.3) is 0 Å². The van der Waals surface area contributed by atoms with Crippen LogP contribution in [0.5, 0.6) is 0 Å². The number of nitrogens with zero attached hydrogens (tertiary/aromatic N) is 3. The van der Waals surface area contributed by atoms with E-state index >= 15 is 0 Å². The monoisotopic (exact) mass is 246 g/mol. The minimum atomic E-state index is 0.273. The number of nitrogen functional groups attached to an aromatic ring is 1. The number of hydrogen-bond acceptors (Lipinski definition) is 6. The zero-order valence-electron chi connectivity index (χ0n) is 9.87. The van der Waals surface area contributed by atoms with Crippen molar-refractivity contribution in [3.8, 4) is 11.3 Å². The summed E-state index contributed by atoms with van der Waals surface area (Å²) in [5, 5.41) is 0. The summed E-state index contributed by atoms with van der Waals surface area (Å²) in [5.41, 5.74) is 7.44. The van der Waals surface area contributed by atoms with Crippen molar-refractivity contribution >= 4 is 11.8 Å². The van der Waals surface area contributed by atoms with Crippen molar-refractivity contribution in [1.82, 2.24) is 9.97 Å². The Morgan fingerprint density at radius 2 is 2.06 bits per heavy atom. The number of hydrogen-bond donors (Lipinski definition) is 1. The highest BCUT2D eigenvalue weighted by Gasteiger charge is 2.15. The van der Waals surface area contributed by atoms with Crippen LogP contribution < -0.4 is 10.6 Å². The summed E-state index contributed by atoms with van der Waals surface area (Å²) in [6.45, 7) is 3.07. The average molecular weight is 246 g/mol. The number of rotatable bonds is 2. The van der Waals surface area contributed by atoms with Gasteiger partial charge in [0, 0.05) is 24.7 Å². The Kier molecular flexibility index (Phi) is 2.85. The number of morpholine rings is 1. The maximum atomic E-state index is 5.76. The summed E-state index contributed by atoms with van der Waals surface area (Å²) < 4.78 is 10.4. The van der Waals surface area contributed by atoms with Gasteiger partial charge in [-0.15, -0.1) is 0 Å². The fraction of sp³-hybridized carbons (Fsp3) is 0.333. The van der Waals surface area contributed by atoms with Gasteiger partial charge < -0.3 is 19.8 Å². The summed E-state index contributed by atoms with van der Waals surface area (Å²) in [7, 11) is 0. The van der Waals surface area contributed by atoms with Gasteiger partial charge in [-0.3, -0.25) is 0 Å². The van der Waals surface area contributed by atoms with Crippen LogP contribution in [-0.4, -0.2) is 36.3 Å². The Hall–Kier alpha value is -2.08. The van der Waals surface area contributed by atoms with E-state index in [0.717, 1.165) is 30.2 Å². The molecule has 0 spiro atoms. The van der Waals surface area contributed by atoms with Crippen molar-refractivity contribution in [1.29, 1.82) is 0 Å². The van der Waals surface area contributed by atoms with Crippen LogP contribution >= 0.6 is 0 Å².